The molecule has 2 rings (SSSR count). The van der Waals surface area contributed by atoms with Gasteiger partial charge in [0, 0.05) is 18.5 Å². The van der Waals surface area contributed by atoms with E-state index in [-0.39, 0.29) is 36.0 Å². The summed E-state index contributed by atoms with van der Waals surface area (Å²) in [6.45, 7) is 0.325. The first-order chi connectivity index (χ1) is 9.60. The SMILES string of the molecule is COc1ccc(CNC(=O)C2CCCC(N)C2)cc1F.Cl. The van der Waals surface area contributed by atoms with Gasteiger partial charge in [-0.15, -0.1) is 12.4 Å². The maximum Gasteiger partial charge on any atom is 0.223 e. The van der Waals surface area contributed by atoms with E-state index in [1.165, 1.54) is 13.2 Å². The van der Waals surface area contributed by atoms with Crippen molar-refractivity contribution in [3.8, 4) is 5.75 Å². The van der Waals surface area contributed by atoms with Crippen molar-refractivity contribution in [1.82, 2.24) is 5.32 Å². The smallest absolute Gasteiger partial charge is 0.223 e. The Balaban J connectivity index is 0.00000220. The van der Waals surface area contributed by atoms with Gasteiger partial charge in [0.2, 0.25) is 5.91 Å². The van der Waals surface area contributed by atoms with Gasteiger partial charge in [-0.3, -0.25) is 4.79 Å². The summed E-state index contributed by atoms with van der Waals surface area (Å²) in [7, 11) is 1.42. The molecular weight excluding hydrogens is 295 g/mol. The van der Waals surface area contributed by atoms with Crippen molar-refractivity contribution >= 4 is 18.3 Å². The number of hydrogen-bond donors (Lipinski definition) is 2. The maximum atomic E-state index is 13.5. The summed E-state index contributed by atoms with van der Waals surface area (Å²) < 4.78 is 18.4. The highest BCUT2D eigenvalue weighted by atomic mass is 35.5. The van der Waals surface area contributed by atoms with Crippen LogP contribution in [-0.2, 0) is 11.3 Å². The van der Waals surface area contributed by atoms with E-state index in [1.54, 1.807) is 12.1 Å². The number of hydrogen-bond acceptors (Lipinski definition) is 3. The van der Waals surface area contributed by atoms with E-state index >= 15 is 0 Å². The third-order valence-electron chi connectivity index (χ3n) is 3.77. The van der Waals surface area contributed by atoms with Crippen molar-refractivity contribution in [3.63, 3.8) is 0 Å². The highest BCUT2D eigenvalue weighted by molar-refractivity contribution is 5.85. The minimum absolute atomic E-state index is 0. The molecule has 0 saturated heterocycles. The van der Waals surface area contributed by atoms with Crippen LogP contribution < -0.4 is 15.8 Å². The monoisotopic (exact) mass is 316 g/mol. The van der Waals surface area contributed by atoms with Crippen molar-refractivity contribution in [2.45, 2.75) is 38.3 Å². The fourth-order valence-corrected chi connectivity index (χ4v) is 2.62. The Kier molecular flexibility index (Phi) is 6.92. The minimum Gasteiger partial charge on any atom is -0.494 e. The molecule has 1 aromatic carbocycles. The second kappa shape index (κ2) is 8.20. The molecule has 1 aliphatic rings. The highest BCUT2D eigenvalue weighted by Gasteiger charge is 2.24. The van der Waals surface area contributed by atoms with Crippen LogP contribution in [0.5, 0.6) is 5.75 Å². The van der Waals surface area contributed by atoms with Crippen molar-refractivity contribution < 1.29 is 13.9 Å². The maximum absolute atomic E-state index is 13.5. The van der Waals surface area contributed by atoms with Crippen LogP contribution in [0.3, 0.4) is 0 Å². The van der Waals surface area contributed by atoms with E-state index in [0.717, 1.165) is 31.2 Å². The number of amides is 1. The fraction of sp³-hybridized carbons (Fsp3) is 0.533. The van der Waals surface area contributed by atoms with Crippen LogP contribution in [0.15, 0.2) is 18.2 Å². The fourth-order valence-electron chi connectivity index (χ4n) is 2.62. The molecule has 0 heterocycles. The lowest BCUT2D eigenvalue weighted by Gasteiger charge is -2.25. The largest absolute Gasteiger partial charge is 0.494 e. The zero-order valence-corrected chi connectivity index (χ0v) is 12.9. The van der Waals surface area contributed by atoms with Gasteiger partial charge in [0.15, 0.2) is 11.6 Å². The Morgan fingerprint density at radius 2 is 2.24 bits per heavy atom. The normalized spacial score (nSPS) is 21.3. The molecule has 1 aliphatic carbocycles. The minimum atomic E-state index is -0.418. The van der Waals surface area contributed by atoms with Crippen molar-refractivity contribution in [2.75, 3.05) is 7.11 Å². The van der Waals surface area contributed by atoms with Crippen LogP contribution in [-0.4, -0.2) is 19.1 Å². The molecule has 118 valence electrons. The summed E-state index contributed by atoms with van der Waals surface area (Å²) in [5.74, 6) is -0.213. The number of rotatable bonds is 4. The molecule has 2 atom stereocenters. The molecule has 1 aromatic rings. The van der Waals surface area contributed by atoms with Crippen LogP contribution >= 0.6 is 12.4 Å². The van der Waals surface area contributed by atoms with Gasteiger partial charge in [-0.1, -0.05) is 12.5 Å². The van der Waals surface area contributed by atoms with Crippen molar-refractivity contribution in [1.29, 1.82) is 0 Å². The topological polar surface area (TPSA) is 64.3 Å². The zero-order valence-electron chi connectivity index (χ0n) is 12.1. The summed E-state index contributed by atoms with van der Waals surface area (Å²) in [5.41, 5.74) is 6.60. The van der Waals surface area contributed by atoms with Crippen LogP contribution in [0.2, 0.25) is 0 Å². The number of benzene rings is 1. The first-order valence-corrected chi connectivity index (χ1v) is 6.96. The zero-order chi connectivity index (χ0) is 14.5. The summed E-state index contributed by atoms with van der Waals surface area (Å²) in [4.78, 5) is 12.0. The molecule has 0 spiro atoms. The summed E-state index contributed by atoms with van der Waals surface area (Å²) in [6.07, 6.45) is 3.61. The van der Waals surface area contributed by atoms with Gasteiger partial charge in [0.1, 0.15) is 0 Å². The number of ether oxygens (including phenoxy) is 1. The third kappa shape index (κ3) is 4.86. The van der Waals surface area contributed by atoms with Crippen LogP contribution in [0.4, 0.5) is 4.39 Å². The number of carbonyl (C=O) groups excluding carboxylic acids is 1. The molecule has 0 aromatic heterocycles. The molecule has 6 heteroatoms. The standard InChI is InChI=1S/C15H21FN2O2.ClH/c1-20-14-6-5-10(7-13(14)16)9-18-15(19)11-3-2-4-12(17)8-11;/h5-7,11-12H,2-4,8-9,17H2,1H3,(H,18,19);1H. The van der Waals surface area contributed by atoms with E-state index in [2.05, 4.69) is 5.32 Å². The van der Waals surface area contributed by atoms with Crippen LogP contribution in [0.1, 0.15) is 31.2 Å². The van der Waals surface area contributed by atoms with Crippen LogP contribution in [0.25, 0.3) is 0 Å². The first kappa shape index (κ1) is 17.7. The van der Waals surface area contributed by atoms with Gasteiger partial charge in [-0.05, 0) is 37.0 Å². The van der Waals surface area contributed by atoms with Gasteiger partial charge in [-0.25, -0.2) is 4.39 Å². The number of halogens is 2. The lowest BCUT2D eigenvalue weighted by atomic mass is 9.85. The second-order valence-corrected chi connectivity index (χ2v) is 5.31. The van der Waals surface area contributed by atoms with Gasteiger partial charge in [0.05, 0.1) is 7.11 Å². The van der Waals surface area contributed by atoms with E-state index in [0.29, 0.717) is 6.54 Å². The van der Waals surface area contributed by atoms with Crippen molar-refractivity contribution in [2.24, 2.45) is 11.7 Å². The van der Waals surface area contributed by atoms with Gasteiger partial charge in [0.25, 0.3) is 0 Å². The Labute approximate surface area is 130 Å². The molecular formula is C15H22ClFN2O2. The first-order valence-electron chi connectivity index (χ1n) is 6.96. The number of nitrogens with two attached hydrogens (primary N) is 1. The van der Waals surface area contributed by atoms with E-state index < -0.39 is 5.82 Å². The Morgan fingerprint density at radius 3 is 2.86 bits per heavy atom. The van der Waals surface area contributed by atoms with E-state index in [1.807, 2.05) is 0 Å². The second-order valence-electron chi connectivity index (χ2n) is 5.31. The van der Waals surface area contributed by atoms with Gasteiger partial charge in [-0.2, -0.15) is 0 Å². The quantitative estimate of drug-likeness (QED) is 0.896. The van der Waals surface area contributed by atoms with Gasteiger partial charge < -0.3 is 15.8 Å². The Morgan fingerprint density at radius 1 is 1.48 bits per heavy atom. The van der Waals surface area contributed by atoms with Gasteiger partial charge >= 0.3 is 0 Å². The number of nitrogens with one attached hydrogen (secondary N) is 1. The summed E-state index contributed by atoms with van der Waals surface area (Å²) in [5, 5.41) is 2.85. The molecule has 1 saturated carbocycles. The van der Waals surface area contributed by atoms with Crippen molar-refractivity contribution in [3.05, 3.63) is 29.6 Å². The Hall–Kier alpha value is -1.33. The molecule has 0 bridgehead atoms. The highest BCUT2D eigenvalue weighted by Crippen LogP contribution is 2.23. The molecule has 21 heavy (non-hydrogen) atoms. The molecule has 2 unspecified atom stereocenters. The average Bonchev–Trinajstić information content (AvgIpc) is 2.45. The predicted molar refractivity (Wildman–Crippen MR) is 82.0 cm³/mol. The van der Waals surface area contributed by atoms with E-state index in [4.69, 9.17) is 10.5 Å². The average molecular weight is 317 g/mol. The molecule has 1 fully saturated rings. The molecule has 4 nitrogen and oxygen atoms in total. The summed E-state index contributed by atoms with van der Waals surface area (Å²) in [6, 6.07) is 4.81. The molecule has 0 radical (unpaired) electrons. The van der Waals surface area contributed by atoms with E-state index in [9.17, 15) is 9.18 Å². The van der Waals surface area contributed by atoms with Crippen LogP contribution in [0, 0.1) is 11.7 Å². The molecule has 1 amide bonds. The molecule has 0 aliphatic heterocycles. The lowest BCUT2D eigenvalue weighted by molar-refractivity contribution is -0.126. The lowest BCUT2D eigenvalue weighted by Crippen LogP contribution is -2.37. The number of carbonyl (C=O) groups is 1. The third-order valence-corrected chi connectivity index (χ3v) is 3.77. The Bertz CT molecular complexity index is 485. The molecule has 3 N–H and O–H groups in total. The summed E-state index contributed by atoms with van der Waals surface area (Å²) >= 11 is 0. The predicted octanol–water partition coefficient (Wildman–Crippen LogP) is 2.39. The number of methoxy groups -OCH3 is 1.